The summed E-state index contributed by atoms with van der Waals surface area (Å²) < 4.78 is 4.55. The van der Waals surface area contributed by atoms with E-state index in [1.807, 2.05) is 42.1 Å². The fourth-order valence-corrected chi connectivity index (χ4v) is 3.15. The van der Waals surface area contributed by atoms with Crippen molar-refractivity contribution in [3.8, 4) is 0 Å². The van der Waals surface area contributed by atoms with Crippen molar-refractivity contribution >= 4 is 15.9 Å². The Kier molecular flexibility index (Phi) is 2.90. The molecule has 1 fully saturated rings. The molecule has 3 nitrogen and oxygen atoms in total. The lowest BCUT2D eigenvalue weighted by Gasteiger charge is -2.09. The summed E-state index contributed by atoms with van der Waals surface area (Å²) in [6, 6.07) is 10.1. The van der Waals surface area contributed by atoms with E-state index in [4.69, 9.17) is 0 Å². The van der Waals surface area contributed by atoms with Gasteiger partial charge in [0, 0.05) is 13.0 Å². The number of hydrogen-bond acceptors (Lipinski definition) is 1. The molecule has 0 aliphatic heterocycles. The highest BCUT2D eigenvalue weighted by molar-refractivity contribution is 9.10. The van der Waals surface area contributed by atoms with Gasteiger partial charge >= 0.3 is 0 Å². The minimum atomic E-state index is 0.0725. The van der Waals surface area contributed by atoms with E-state index >= 15 is 0 Å². The third kappa shape index (κ3) is 1.94. The molecule has 1 aromatic heterocycles. The number of aromatic nitrogens is 2. The van der Waals surface area contributed by atoms with Gasteiger partial charge in [0.05, 0.1) is 12.2 Å². The van der Waals surface area contributed by atoms with Crippen molar-refractivity contribution in [1.82, 2.24) is 9.36 Å². The van der Waals surface area contributed by atoms with Crippen LogP contribution in [0.3, 0.4) is 0 Å². The fourth-order valence-electron chi connectivity index (χ4n) is 2.37. The standard InChI is InChI=1S/C14H15BrN2O/c1-16-13(11-7-8-11)12(15)14(18)17(16)9-10-5-3-2-4-6-10/h2-6,11H,7-9H2,1H3. The van der Waals surface area contributed by atoms with Gasteiger partial charge in [0.2, 0.25) is 0 Å². The Labute approximate surface area is 114 Å². The van der Waals surface area contributed by atoms with Gasteiger partial charge in [-0.1, -0.05) is 30.3 Å². The van der Waals surface area contributed by atoms with Crippen LogP contribution in [-0.4, -0.2) is 9.36 Å². The summed E-state index contributed by atoms with van der Waals surface area (Å²) in [7, 11) is 1.97. The van der Waals surface area contributed by atoms with Gasteiger partial charge in [-0.2, -0.15) is 0 Å². The monoisotopic (exact) mass is 306 g/mol. The van der Waals surface area contributed by atoms with E-state index in [1.54, 1.807) is 4.68 Å². The first-order chi connectivity index (χ1) is 8.68. The zero-order valence-corrected chi connectivity index (χ0v) is 11.9. The SMILES string of the molecule is Cn1c(C2CC2)c(Br)c(=O)n1Cc1ccccc1. The largest absolute Gasteiger partial charge is 0.288 e. The Morgan fingerprint density at radius 3 is 2.56 bits per heavy atom. The summed E-state index contributed by atoms with van der Waals surface area (Å²) in [5.74, 6) is 0.564. The van der Waals surface area contributed by atoms with Crippen LogP contribution < -0.4 is 5.56 Å². The number of benzene rings is 1. The maximum absolute atomic E-state index is 12.2. The summed E-state index contributed by atoms with van der Waals surface area (Å²) in [4.78, 5) is 12.2. The molecule has 0 saturated heterocycles. The molecule has 0 N–H and O–H groups in total. The van der Waals surface area contributed by atoms with E-state index in [2.05, 4.69) is 15.9 Å². The number of nitrogens with zero attached hydrogens (tertiary/aromatic N) is 2. The summed E-state index contributed by atoms with van der Waals surface area (Å²) in [5.41, 5.74) is 2.37. The maximum Gasteiger partial charge on any atom is 0.281 e. The van der Waals surface area contributed by atoms with Crippen LogP contribution in [0.15, 0.2) is 39.6 Å². The predicted octanol–water partition coefficient (Wildman–Crippen LogP) is 2.88. The van der Waals surface area contributed by atoms with Crippen molar-refractivity contribution in [1.29, 1.82) is 0 Å². The average molecular weight is 307 g/mol. The highest BCUT2D eigenvalue weighted by atomic mass is 79.9. The van der Waals surface area contributed by atoms with Gasteiger partial charge in [-0.25, -0.2) is 4.68 Å². The zero-order chi connectivity index (χ0) is 12.7. The molecular formula is C14H15BrN2O. The lowest BCUT2D eigenvalue weighted by atomic mass is 10.2. The second kappa shape index (κ2) is 4.43. The molecule has 0 radical (unpaired) electrons. The summed E-state index contributed by atoms with van der Waals surface area (Å²) in [6.45, 7) is 0.626. The third-order valence-corrected chi connectivity index (χ3v) is 4.24. The molecule has 2 aromatic rings. The summed E-state index contributed by atoms with van der Waals surface area (Å²) in [6.07, 6.45) is 2.39. The second-order valence-electron chi connectivity index (χ2n) is 4.85. The van der Waals surface area contributed by atoms with E-state index in [1.165, 1.54) is 12.8 Å². The topological polar surface area (TPSA) is 26.9 Å². The Bertz CT molecular complexity index is 623. The Balaban J connectivity index is 2.02. The van der Waals surface area contributed by atoms with Crippen LogP contribution in [0.4, 0.5) is 0 Å². The van der Waals surface area contributed by atoms with Crippen molar-refractivity contribution in [3.63, 3.8) is 0 Å². The van der Waals surface area contributed by atoms with E-state index < -0.39 is 0 Å². The molecular weight excluding hydrogens is 292 g/mol. The lowest BCUT2D eigenvalue weighted by molar-refractivity contribution is 0.518. The van der Waals surface area contributed by atoms with Crippen LogP contribution >= 0.6 is 15.9 Å². The number of rotatable bonds is 3. The third-order valence-electron chi connectivity index (χ3n) is 3.50. The molecule has 0 spiro atoms. The van der Waals surface area contributed by atoms with Gasteiger partial charge in [0.15, 0.2) is 0 Å². The van der Waals surface area contributed by atoms with Crippen molar-refractivity contribution in [2.24, 2.45) is 7.05 Å². The van der Waals surface area contributed by atoms with E-state index in [-0.39, 0.29) is 5.56 Å². The van der Waals surface area contributed by atoms with E-state index in [0.717, 1.165) is 15.7 Å². The number of halogens is 1. The van der Waals surface area contributed by atoms with Crippen LogP contribution in [0.2, 0.25) is 0 Å². The molecule has 4 heteroatoms. The minimum Gasteiger partial charge on any atom is -0.288 e. The molecule has 3 rings (SSSR count). The van der Waals surface area contributed by atoms with Crippen molar-refractivity contribution in [3.05, 3.63) is 56.4 Å². The van der Waals surface area contributed by atoms with Crippen molar-refractivity contribution in [2.75, 3.05) is 0 Å². The quantitative estimate of drug-likeness (QED) is 0.856. The second-order valence-corrected chi connectivity index (χ2v) is 5.64. The summed E-state index contributed by atoms with van der Waals surface area (Å²) in [5, 5.41) is 0. The van der Waals surface area contributed by atoms with Gasteiger partial charge in [-0.15, -0.1) is 0 Å². The van der Waals surface area contributed by atoms with Gasteiger partial charge in [-0.3, -0.25) is 9.48 Å². The number of hydrogen-bond donors (Lipinski definition) is 0. The molecule has 0 unspecified atom stereocenters. The van der Waals surface area contributed by atoms with Crippen molar-refractivity contribution in [2.45, 2.75) is 25.3 Å². The molecule has 1 aliphatic carbocycles. The van der Waals surface area contributed by atoms with Crippen LogP contribution in [0, 0.1) is 0 Å². The zero-order valence-electron chi connectivity index (χ0n) is 10.3. The molecule has 0 atom stereocenters. The van der Waals surface area contributed by atoms with E-state index in [9.17, 15) is 4.79 Å². The molecule has 1 aromatic carbocycles. The fraction of sp³-hybridized carbons (Fsp3) is 0.357. The van der Waals surface area contributed by atoms with Crippen LogP contribution in [0.25, 0.3) is 0 Å². The molecule has 94 valence electrons. The maximum atomic E-state index is 12.2. The van der Waals surface area contributed by atoms with Crippen molar-refractivity contribution < 1.29 is 0 Å². The molecule has 1 saturated carbocycles. The predicted molar refractivity (Wildman–Crippen MR) is 74.9 cm³/mol. The van der Waals surface area contributed by atoms with Crippen LogP contribution in [-0.2, 0) is 13.6 Å². The smallest absolute Gasteiger partial charge is 0.281 e. The minimum absolute atomic E-state index is 0.0725. The van der Waals surface area contributed by atoms with Gasteiger partial charge < -0.3 is 0 Å². The molecule has 1 aliphatic rings. The van der Waals surface area contributed by atoms with Gasteiger partial charge in [0.25, 0.3) is 5.56 Å². The van der Waals surface area contributed by atoms with Crippen LogP contribution in [0.5, 0.6) is 0 Å². The molecule has 18 heavy (non-hydrogen) atoms. The molecule has 1 heterocycles. The van der Waals surface area contributed by atoms with Gasteiger partial charge in [0.1, 0.15) is 4.47 Å². The Hall–Kier alpha value is -1.29. The first-order valence-corrected chi connectivity index (χ1v) is 6.97. The lowest BCUT2D eigenvalue weighted by Crippen LogP contribution is -2.22. The Morgan fingerprint density at radius 2 is 1.94 bits per heavy atom. The average Bonchev–Trinajstić information content (AvgIpc) is 3.17. The first kappa shape index (κ1) is 11.8. The summed E-state index contributed by atoms with van der Waals surface area (Å²) >= 11 is 3.45. The highest BCUT2D eigenvalue weighted by Gasteiger charge is 2.31. The normalized spacial score (nSPS) is 15.0. The molecule has 0 bridgehead atoms. The van der Waals surface area contributed by atoms with Gasteiger partial charge in [-0.05, 0) is 34.3 Å². The Morgan fingerprint density at radius 1 is 1.28 bits per heavy atom. The molecule has 0 amide bonds. The highest BCUT2D eigenvalue weighted by Crippen LogP contribution is 2.42. The van der Waals surface area contributed by atoms with E-state index in [0.29, 0.717) is 12.5 Å². The first-order valence-electron chi connectivity index (χ1n) is 6.17. The van der Waals surface area contributed by atoms with Crippen LogP contribution in [0.1, 0.15) is 30.0 Å².